The van der Waals surface area contributed by atoms with Crippen LogP contribution in [-0.4, -0.2) is 28.9 Å². The van der Waals surface area contributed by atoms with Crippen LogP contribution in [0.3, 0.4) is 0 Å². The summed E-state index contributed by atoms with van der Waals surface area (Å²) in [6.45, 7) is 4.93. The summed E-state index contributed by atoms with van der Waals surface area (Å²) < 4.78 is 0. The summed E-state index contributed by atoms with van der Waals surface area (Å²) in [6, 6.07) is 8.43. The highest BCUT2D eigenvalue weighted by molar-refractivity contribution is 7.98. The summed E-state index contributed by atoms with van der Waals surface area (Å²) in [5.74, 6) is 1.12. The smallest absolute Gasteiger partial charge is 0.325 e. The molecule has 0 radical (unpaired) electrons. The second-order valence-corrected chi connectivity index (χ2v) is 6.95. The van der Waals surface area contributed by atoms with E-state index in [1.165, 1.54) is 11.1 Å². The molecule has 1 aromatic carbocycles. The van der Waals surface area contributed by atoms with E-state index in [4.69, 9.17) is 0 Å². The highest BCUT2D eigenvalue weighted by atomic mass is 32.2. The number of rotatable bonds is 9. The van der Waals surface area contributed by atoms with Crippen molar-refractivity contribution < 1.29 is 9.90 Å². The molecule has 0 aliphatic heterocycles. The maximum absolute atomic E-state index is 11.8. The number of carboxylic acid groups (broad SMARTS) is 1. The molecule has 0 saturated heterocycles. The number of carboxylic acids is 1. The number of aryl methyl sites for hydroxylation is 1. The van der Waals surface area contributed by atoms with E-state index in [0.717, 1.165) is 31.6 Å². The van der Waals surface area contributed by atoms with Crippen molar-refractivity contribution in [2.24, 2.45) is 5.92 Å². The fraction of sp³-hybridized carbons (Fsp3) is 0.588. The normalized spacial score (nSPS) is 17.4. The Bertz CT molecular complexity index is 487. The van der Waals surface area contributed by atoms with Gasteiger partial charge in [0.1, 0.15) is 5.54 Å². The van der Waals surface area contributed by atoms with E-state index in [2.05, 4.69) is 43.4 Å². The van der Waals surface area contributed by atoms with Gasteiger partial charge < -0.3 is 10.4 Å². The summed E-state index contributed by atoms with van der Waals surface area (Å²) in [5.41, 5.74) is 1.79. The molecule has 1 fully saturated rings. The van der Waals surface area contributed by atoms with Gasteiger partial charge in [-0.2, -0.15) is 11.8 Å². The average molecular weight is 307 g/mol. The van der Waals surface area contributed by atoms with E-state index in [9.17, 15) is 9.90 Å². The largest absolute Gasteiger partial charge is 0.480 e. The van der Waals surface area contributed by atoms with Gasteiger partial charge in [-0.1, -0.05) is 36.8 Å². The summed E-state index contributed by atoms with van der Waals surface area (Å²) in [5, 5.41) is 13.0. The molecule has 0 aromatic heterocycles. The minimum atomic E-state index is -0.732. The van der Waals surface area contributed by atoms with Crippen LogP contribution in [0.5, 0.6) is 0 Å². The van der Waals surface area contributed by atoms with Crippen molar-refractivity contribution >= 4 is 17.7 Å². The van der Waals surface area contributed by atoms with Crippen molar-refractivity contribution in [2.45, 2.75) is 44.4 Å². The standard InChI is InChI=1S/C17H25NO2S/c1-3-9-18-17(16(19)20,15-7-8-15)12-21-11-14-6-4-5-13(2)10-14/h4-6,10,15,18H,3,7-9,11-12H2,1-2H3,(H,19,20). The topological polar surface area (TPSA) is 49.3 Å². The Labute approximate surface area is 131 Å². The fourth-order valence-corrected chi connectivity index (χ4v) is 3.98. The predicted molar refractivity (Wildman–Crippen MR) is 88.7 cm³/mol. The number of benzene rings is 1. The summed E-state index contributed by atoms with van der Waals surface area (Å²) in [6.07, 6.45) is 3.03. The first-order valence-corrected chi connectivity index (χ1v) is 8.85. The van der Waals surface area contributed by atoms with Crippen molar-refractivity contribution in [3.05, 3.63) is 35.4 Å². The zero-order valence-corrected chi connectivity index (χ0v) is 13.7. The Balaban J connectivity index is 1.97. The van der Waals surface area contributed by atoms with Crippen molar-refractivity contribution in [3.63, 3.8) is 0 Å². The molecule has 2 N–H and O–H groups in total. The first-order valence-electron chi connectivity index (χ1n) is 7.70. The monoisotopic (exact) mass is 307 g/mol. The highest BCUT2D eigenvalue weighted by Crippen LogP contribution is 2.42. The number of carbonyl (C=O) groups is 1. The second-order valence-electron chi connectivity index (χ2n) is 5.96. The Morgan fingerprint density at radius 1 is 1.48 bits per heavy atom. The van der Waals surface area contributed by atoms with Gasteiger partial charge in [0.25, 0.3) is 0 Å². The van der Waals surface area contributed by atoms with Crippen LogP contribution in [0.15, 0.2) is 24.3 Å². The molecule has 2 rings (SSSR count). The third kappa shape index (κ3) is 4.24. The van der Waals surface area contributed by atoms with E-state index in [1.54, 1.807) is 11.8 Å². The third-order valence-electron chi connectivity index (χ3n) is 4.03. The number of nitrogens with one attached hydrogen (secondary N) is 1. The SMILES string of the molecule is CCCNC(CSCc1cccc(C)c1)(C(=O)O)C1CC1. The maximum atomic E-state index is 11.8. The van der Waals surface area contributed by atoms with Gasteiger partial charge in [-0.05, 0) is 44.2 Å². The Morgan fingerprint density at radius 3 is 2.81 bits per heavy atom. The van der Waals surface area contributed by atoms with Crippen LogP contribution < -0.4 is 5.32 Å². The summed E-state index contributed by atoms with van der Waals surface area (Å²) in [7, 11) is 0. The zero-order chi connectivity index (χ0) is 15.3. The molecule has 1 atom stereocenters. The molecular weight excluding hydrogens is 282 g/mol. The van der Waals surface area contributed by atoms with Crippen molar-refractivity contribution in [2.75, 3.05) is 12.3 Å². The summed E-state index contributed by atoms with van der Waals surface area (Å²) in [4.78, 5) is 11.8. The molecule has 21 heavy (non-hydrogen) atoms. The molecule has 0 spiro atoms. The van der Waals surface area contributed by atoms with Gasteiger partial charge in [-0.3, -0.25) is 4.79 Å². The van der Waals surface area contributed by atoms with Gasteiger partial charge in [0.15, 0.2) is 0 Å². The van der Waals surface area contributed by atoms with Gasteiger partial charge in [0, 0.05) is 11.5 Å². The lowest BCUT2D eigenvalue weighted by molar-refractivity contribution is -0.144. The van der Waals surface area contributed by atoms with Gasteiger partial charge in [-0.25, -0.2) is 0 Å². The quantitative estimate of drug-likeness (QED) is 0.733. The lowest BCUT2D eigenvalue weighted by atomic mass is 9.95. The lowest BCUT2D eigenvalue weighted by Crippen LogP contribution is -2.56. The van der Waals surface area contributed by atoms with Crippen LogP contribution in [0.2, 0.25) is 0 Å². The summed E-state index contributed by atoms with van der Waals surface area (Å²) >= 11 is 1.73. The molecule has 116 valence electrons. The fourth-order valence-electron chi connectivity index (χ4n) is 2.68. The molecule has 0 heterocycles. The zero-order valence-electron chi connectivity index (χ0n) is 12.9. The van der Waals surface area contributed by atoms with Crippen LogP contribution in [0.1, 0.15) is 37.3 Å². The average Bonchev–Trinajstić information content (AvgIpc) is 3.27. The molecule has 0 bridgehead atoms. The van der Waals surface area contributed by atoms with Gasteiger partial charge in [-0.15, -0.1) is 0 Å². The molecule has 1 unspecified atom stereocenters. The number of hydrogen-bond donors (Lipinski definition) is 2. The Hall–Kier alpha value is -1.00. The number of aliphatic carboxylic acids is 1. The van der Waals surface area contributed by atoms with Crippen molar-refractivity contribution in [1.29, 1.82) is 0 Å². The van der Waals surface area contributed by atoms with E-state index in [-0.39, 0.29) is 0 Å². The van der Waals surface area contributed by atoms with Crippen LogP contribution in [0.25, 0.3) is 0 Å². The first-order chi connectivity index (χ1) is 10.1. The van der Waals surface area contributed by atoms with Crippen LogP contribution >= 0.6 is 11.8 Å². The van der Waals surface area contributed by atoms with Crippen LogP contribution in [-0.2, 0) is 10.5 Å². The van der Waals surface area contributed by atoms with E-state index in [1.807, 2.05) is 0 Å². The highest BCUT2D eigenvalue weighted by Gasteiger charge is 2.50. The second kappa shape index (κ2) is 7.32. The number of thioether (sulfide) groups is 1. The Morgan fingerprint density at radius 2 is 2.24 bits per heavy atom. The van der Waals surface area contributed by atoms with E-state index in [0.29, 0.717) is 11.7 Å². The van der Waals surface area contributed by atoms with Gasteiger partial charge >= 0.3 is 5.97 Å². The Kier molecular flexibility index (Phi) is 5.71. The molecular formula is C17H25NO2S. The van der Waals surface area contributed by atoms with Crippen molar-refractivity contribution in [1.82, 2.24) is 5.32 Å². The van der Waals surface area contributed by atoms with Gasteiger partial charge in [0.2, 0.25) is 0 Å². The lowest BCUT2D eigenvalue weighted by Gasteiger charge is -2.30. The molecule has 1 aromatic rings. The number of hydrogen-bond acceptors (Lipinski definition) is 3. The molecule has 1 aliphatic carbocycles. The molecule has 1 saturated carbocycles. The molecule has 3 nitrogen and oxygen atoms in total. The van der Waals surface area contributed by atoms with Crippen LogP contribution in [0, 0.1) is 12.8 Å². The predicted octanol–water partition coefficient (Wildman–Crippen LogP) is 3.46. The third-order valence-corrected chi connectivity index (χ3v) is 5.22. The van der Waals surface area contributed by atoms with Crippen molar-refractivity contribution in [3.8, 4) is 0 Å². The van der Waals surface area contributed by atoms with Crippen LogP contribution in [0.4, 0.5) is 0 Å². The maximum Gasteiger partial charge on any atom is 0.325 e. The first kappa shape index (κ1) is 16.4. The van der Waals surface area contributed by atoms with E-state index < -0.39 is 11.5 Å². The minimum Gasteiger partial charge on any atom is -0.480 e. The van der Waals surface area contributed by atoms with E-state index >= 15 is 0 Å². The molecule has 4 heteroatoms. The molecule has 1 aliphatic rings. The minimum absolute atomic E-state index is 0.298. The van der Waals surface area contributed by atoms with Gasteiger partial charge in [0.05, 0.1) is 0 Å². The molecule has 0 amide bonds.